The van der Waals surface area contributed by atoms with Gasteiger partial charge in [0.2, 0.25) is 0 Å². The van der Waals surface area contributed by atoms with E-state index in [9.17, 15) is 4.39 Å². The van der Waals surface area contributed by atoms with Crippen molar-refractivity contribution >= 4 is 17.0 Å². The normalized spacial score (nSPS) is 29.3. The largest absolute Gasteiger partial charge is 0.382 e. The van der Waals surface area contributed by atoms with Gasteiger partial charge in [0.1, 0.15) is 24.1 Å². The molecule has 0 spiro atoms. The number of anilines is 1. The molecule has 114 valence electrons. The molecule has 1 aliphatic heterocycles. The molecule has 1 saturated heterocycles. The first kappa shape index (κ1) is 14.1. The topological polar surface area (TPSA) is 97.3 Å². The number of fused-ring (bicyclic) bond motifs is 1. The summed E-state index contributed by atoms with van der Waals surface area (Å²) in [5.41, 5.74) is 6.56. The number of halogens is 1. The quantitative estimate of drug-likeness (QED) is 0.867. The van der Waals surface area contributed by atoms with Crippen molar-refractivity contribution in [2.24, 2.45) is 0 Å². The molecule has 0 aliphatic carbocycles. The molecule has 1 fully saturated rings. The summed E-state index contributed by atoms with van der Waals surface area (Å²) in [6.45, 7) is 0.235. The van der Waals surface area contributed by atoms with E-state index in [1.165, 1.54) is 31.4 Å². The van der Waals surface area contributed by atoms with Crippen molar-refractivity contribution in [2.75, 3.05) is 26.6 Å². The van der Waals surface area contributed by atoms with E-state index >= 15 is 0 Å². The molecule has 0 aromatic carbocycles. The maximum absolute atomic E-state index is 14.6. The van der Waals surface area contributed by atoms with Gasteiger partial charge in [0.05, 0.1) is 12.9 Å². The number of imidazole rings is 1. The van der Waals surface area contributed by atoms with Crippen LogP contribution in [0.25, 0.3) is 11.2 Å². The number of ether oxygens (including phenoxy) is 3. The van der Waals surface area contributed by atoms with Crippen LogP contribution in [-0.2, 0) is 14.2 Å². The van der Waals surface area contributed by atoms with E-state index in [1.807, 2.05) is 0 Å². The molecule has 2 N–H and O–H groups in total. The number of methoxy groups -OCH3 is 2. The molecule has 3 rings (SSSR count). The van der Waals surface area contributed by atoms with Gasteiger partial charge < -0.3 is 19.9 Å². The van der Waals surface area contributed by atoms with Crippen molar-refractivity contribution < 1.29 is 18.6 Å². The van der Waals surface area contributed by atoms with Crippen molar-refractivity contribution in [1.29, 1.82) is 0 Å². The Balaban J connectivity index is 1.97. The van der Waals surface area contributed by atoms with E-state index in [0.29, 0.717) is 11.2 Å². The zero-order valence-electron chi connectivity index (χ0n) is 11.6. The summed E-state index contributed by atoms with van der Waals surface area (Å²) in [7, 11) is 2.97. The van der Waals surface area contributed by atoms with E-state index in [0.717, 1.165) is 0 Å². The average molecular weight is 297 g/mol. The summed E-state index contributed by atoms with van der Waals surface area (Å²) < 4.78 is 32.0. The summed E-state index contributed by atoms with van der Waals surface area (Å²) in [4.78, 5) is 12.1. The standard InChI is InChI=1S/C12H16FN5O3/c1-19-3-6-9(20-2)7(13)12(21-6)18-5-17-8-10(14)15-4-16-11(8)18/h4-7,9,12H,3H2,1-2H3,(H2,14,15,16). The lowest BCUT2D eigenvalue weighted by Gasteiger charge is -2.16. The highest BCUT2D eigenvalue weighted by Gasteiger charge is 2.47. The Morgan fingerprint density at radius 1 is 1.38 bits per heavy atom. The molecule has 0 saturated carbocycles. The molecule has 2 aromatic rings. The van der Waals surface area contributed by atoms with Gasteiger partial charge in [-0.3, -0.25) is 4.57 Å². The lowest BCUT2D eigenvalue weighted by molar-refractivity contribution is -0.0602. The third-order valence-electron chi connectivity index (χ3n) is 3.53. The Bertz CT molecular complexity index is 636. The van der Waals surface area contributed by atoms with Crippen molar-refractivity contribution in [1.82, 2.24) is 19.5 Å². The van der Waals surface area contributed by atoms with Gasteiger partial charge in [0.15, 0.2) is 23.9 Å². The number of hydrogen-bond donors (Lipinski definition) is 1. The van der Waals surface area contributed by atoms with Crippen LogP contribution in [-0.4, -0.2) is 58.7 Å². The smallest absolute Gasteiger partial charge is 0.174 e. The summed E-state index contributed by atoms with van der Waals surface area (Å²) in [6.07, 6.45) is -0.741. The van der Waals surface area contributed by atoms with E-state index in [-0.39, 0.29) is 12.4 Å². The monoisotopic (exact) mass is 297 g/mol. The molecule has 0 amide bonds. The van der Waals surface area contributed by atoms with Gasteiger partial charge in [-0.1, -0.05) is 0 Å². The van der Waals surface area contributed by atoms with Gasteiger partial charge >= 0.3 is 0 Å². The zero-order valence-corrected chi connectivity index (χ0v) is 11.6. The molecule has 0 bridgehead atoms. The molecule has 1 aliphatic rings. The Kier molecular flexibility index (Phi) is 3.70. The van der Waals surface area contributed by atoms with Gasteiger partial charge in [0, 0.05) is 14.2 Å². The third-order valence-corrected chi connectivity index (χ3v) is 3.53. The number of alkyl halides is 1. The van der Waals surface area contributed by atoms with Gasteiger partial charge in [0.25, 0.3) is 0 Å². The fraction of sp³-hybridized carbons (Fsp3) is 0.583. The molecule has 4 atom stereocenters. The van der Waals surface area contributed by atoms with Crippen LogP contribution in [0.15, 0.2) is 12.7 Å². The molecule has 3 heterocycles. The number of aromatic nitrogens is 4. The van der Waals surface area contributed by atoms with E-state index in [2.05, 4.69) is 15.0 Å². The van der Waals surface area contributed by atoms with E-state index < -0.39 is 24.6 Å². The van der Waals surface area contributed by atoms with Gasteiger partial charge in [-0.2, -0.15) is 0 Å². The molecule has 21 heavy (non-hydrogen) atoms. The zero-order chi connectivity index (χ0) is 15.0. The van der Waals surface area contributed by atoms with Crippen LogP contribution in [0.5, 0.6) is 0 Å². The molecule has 4 unspecified atom stereocenters. The first-order valence-corrected chi connectivity index (χ1v) is 6.41. The minimum atomic E-state index is -1.37. The number of nitrogens with zero attached hydrogens (tertiary/aromatic N) is 4. The predicted octanol–water partition coefficient (Wildman–Crippen LogP) is 0.305. The predicted molar refractivity (Wildman–Crippen MR) is 71.2 cm³/mol. The van der Waals surface area contributed by atoms with Crippen molar-refractivity contribution in [3.8, 4) is 0 Å². The number of nitrogen functional groups attached to an aromatic ring is 1. The molecular formula is C12H16FN5O3. The highest BCUT2D eigenvalue weighted by Crippen LogP contribution is 2.35. The fourth-order valence-electron chi connectivity index (χ4n) is 2.55. The van der Waals surface area contributed by atoms with Crippen LogP contribution in [0.1, 0.15) is 6.23 Å². The van der Waals surface area contributed by atoms with Crippen molar-refractivity contribution in [3.05, 3.63) is 12.7 Å². The maximum Gasteiger partial charge on any atom is 0.174 e. The highest BCUT2D eigenvalue weighted by molar-refractivity contribution is 5.81. The minimum Gasteiger partial charge on any atom is -0.382 e. The molecule has 9 heteroatoms. The lowest BCUT2D eigenvalue weighted by atomic mass is 10.1. The van der Waals surface area contributed by atoms with Crippen molar-refractivity contribution in [2.45, 2.75) is 24.6 Å². The first-order valence-electron chi connectivity index (χ1n) is 6.41. The second-order valence-corrected chi connectivity index (χ2v) is 4.75. The summed E-state index contributed by atoms with van der Waals surface area (Å²) in [6, 6.07) is 0. The summed E-state index contributed by atoms with van der Waals surface area (Å²) in [5, 5.41) is 0. The Morgan fingerprint density at radius 2 is 2.19 bits per heavy atom. The molecule has 2 aromatic heterocycles. The Labute approximate surface area is 120 Å². The summed E-state index contributed by atoms with van der Waals surface area (Å²) >= 11 is 0. The van der Waals surface area contributed by atoms with E-state index in [4.69, 9.17) is 19.9 Å². The van der Waals surface area contributed by atoms with E-state index in [1.54, 1.807) is 0 Å². The van der Waals surface area contributed by atoms with Crippen LogP contribution >= 0.6 is 0 Å². The highest BCUT2D eigenvalue weighted by atomic mass is 19.1. The molecule has 0 radical (unpaired) electrons. The number of nitrogens with two attached hydrogens (primary N) is 1. The second-order valence-electron chi connectivity index (χ2n) is 4.75. The SMILES string of the molecule is COCC1OC(n2cnc3c(N)ncnc32)C(F)C1OC. The third kappa shape index (κ3) is 2.23. The second kappa shape index (κ2) is 5.51. The number of hydrogen-bond acceptors (Lipinski definition) is 7. The summed E-state index contributed by atoms with van der Waals surface area (Å²) in [5.74, 6) is 0.240. The lowest BCUT2D eigenvalue weighted by Crippen LogP contribution is -2.33. The van der Waals surface area contributed by atoms with Crippen LogP contribution in [0.2, 0.25) is 0 Å². The Morgan fingerprint density at radius 3 is 2.90 bits per heavy atom. The van der Waals surface area contributed by atoms with Gasteiger partial charge in [-0.05, 0) is 0 Å². The van der Waals surface area contributed by atoms with Crippen LogP contribution in [0, 0.1) is 0 Å². The Hall–Kier alpha value is -1.84. The van der Waals surface area contributed by atoms with Crippen LogP contribution < -0.4 is 5.73 Å². The maximum atomic E-state index is 14.6. The van der Waals surface area contributed by atoms with Crippen LogP contribution in [0.3, 0.4) is 0 Å². The number of rotatable bonds is 4. The fourth-order valence-corrected chi connectivity index (χ4v) is 2.55. The average Bonchev–Trinajstić information content (AvgIpc) is 3.02. The molecule has 8 nitrogen and oxygen atoms in total. The molecular weight excluding hydrogens is 281 g/mol. The van der Waals surface area contributed by atoms with Crippen LogP contribution in [0.4, 0.5) is 10.2 Å². The van der Waals surface area contributed by atoms with Gasteiger partial charge in [-0.25, -0.2) is 19.3 Å². The minimum absolute atomic E-state index is 0.235. The van der Waals surface area contributed by atoms with Crippen molar-refractivity contribution in [3.63, 3.8) is 0 Å². The van der Waals surface area contributed by atoms with Gasteiger partial charge in [-0.15, -0.1) is 0 Å². The first-order chi connectivity index (χ1) is 10.2.